The maximum atomic E-state index is 11.8. The van der Waals surface area contributed by atoms with E-state index in [0.717, 1.165) is 16.1 Å². The molecular formula is C11H17NO5S2. The first-order chi connectivity index (χ1) is 8.63. The number of rotatable bonds is 6. The molecule has 0 amide bonds. The molecule has 108 valence electrons. The van der Waals surface area contributed by atoms with Crippen molar-refractivity contribution >= 4 is 20.1 Å². The summed E-state index contributed by atoms with van der Waals surface area (Å²) < 4.78 is 51.6. The Bertz CT molecular complexity index is 620. The van der Waals surface area contributed by atoms with Crippen molar-refractivity contribution in [1.29, 1.82) is 0 Å². The summed E-state index contributed by atoms with van der Waals surface area (Å²) in [6.07, 6.45) is 1.04. The number of hydrogen-bond acceptors (Lipinski definition) is 5. The molecule has 0 aliphatic carbocycles. The monoisotopic (exact) mass is 307 g/mol. The Morgan fingerprint density at radius 2 is 1.63 bits per heavy atom. The maximum absolute atomic E-state index is 11.8. The predicted octanol–water partition coefficient (Wildman–Crippen LogP) is 0.592. The van der Waals surface area contributed by atoms with E-state index in [2.05, 4.69) is 0 Å². The van der Waals surface area contributed by atoms with Crippen LogP contribution in [0.3, 0.4) is 0 Å². The first-order valence-corrected chi connectivity index (χ1v) is 8.76. The van der Waals surface area contributed by atoms with Gasteiger partial charge in [-0.15, -0.1) is 0 Å². The lowest BCUT2D eigenvalue weighted by atomic mass is 10.2. The molecule has 0 radical (unpaired) electrons. The molecule has 1 aromatic carbocycles. The second-order valence-electron chi connectivity index (χ2n) is 4.17. The summed E-state index contributed by atoms with van der Waals surface area (Å²) in [7, 11) is -5.81. The molecule has 0 atom stereocenters. The van der Waals surface area contributed by atoms with Gasteiger partial charge in [-0.2, -0.15) is 8.42 Å². The number of benzene rings is 1. The molecule has 0 saturated carbocycles. The fourth-order valence-corrected chi connectivity index (χ4v) is 2.52. The molecule has 0 N–H and O–H groups in total. The summed E-state index contributed by atoms with van der Waals surface area (Å²) in [5, 5.41) is 0. The highest BCUT2D eigenvalue weighted by Crippen LogP contribution is 2.13. The Labute approximate surface area is 114 Å². The predicted molar refractivity (Wildman–Crippen MR) is 71.8 cm³/mol. The van der Waals surface area contributed by atoms with Gasteiger partial charge in [0, 0.05) is 13.6 Å². The Morgan fingerprint density at radius 3 is 2.11 bits per heavy atom. The molecule has 0 fully saturated rings. The number of sulfonamides is 1. The summed E-state index contributed by atoms with van der Waals surface area (Å²) in [6.45, 7) is 1.60. The highest BCUT2D eigenvalue weighted by atomic mass is 32.2. The van der Waals surface area contributed by atoms with Crippen LogP contribution in [0, 0.1) is 6.92 Å². The Balaban J connectivity index is 2.64. The third-order valence-electron chi connectivity index (χ3n) is 2.52. The second-order valence-corrected chi connectivity index (χ2v) is 7.88. The van der Waals surface area contributed by atoms with Crippen molar-refractivity contribution in [1.82, 2.24) is 4.31 Å². The molecule has 19 heavy (non-hydrogen) atoms. The van der Waals surface area contributed by atoms with Gasteiger partial charge in [0.05, 0.1) is 17.8 Å². The molecule has 0 saturated heterocycles. The van der Waals surface area contributed by atoms with Gasteiger partial charge < -0.3 is 0 Å². The zero-order valence-corrected chi connectivity index (χ0v) is 12.7. The molecule has 1 rings (SSSR count). The Hall–Kier alpha value is -0.960. The fourth-order valence-electron chi connectivity index (χ4n) is 1.21. The number of aryl methyl sites for hydroxylation is 1. The van der Waals surface area contributed by atoms with Crippen molar-refractivity contribution in [3.8, 4) is 0 Å². The van der Waals surface area contributed by atoms with Crippen LogP contribution in [-0.4, -0.2) is 47.6 Å². The average molecular weight is 307 g/mol. The van der Waals surface area contributed by atoms with Crippen LogP contribution in [0.2, 0.25) is 0 Å². The lowest BCUT2D eigenvalue weighted by Gasteiger charge is -2.13. The van der Waals surface area contributed by atoms with Crippen LogP contribution >= 0.6 is 0 Å². The summed E-state index contributed by atoms with van der Waals surface area (Å²) in [5.41, 5.74) is 0.941. The zero-order valence-electron chi connectivity index (χ0n) is 11.0. The van der Waals surface area contributed by atoms with Gasteiger partial charge in [-0.1, -0.05) is 17.7 Å². The molecule has 1 aromatic rings. The van der Waals surface area contributed by atoms with Gasteiger partial charge in [0.1, 0.15) is 0 Å². The van der Waals surface area contributed by atoms with Gasteiger partial charge in [-0.05, 0) is 19.1 Å². The highest BCUT2D eigenvalue weighted by molar-refractivity contribution is 7.88. The normalized spacial score (nSPS) is 12.8. The average Bonchev–Trinajstić information content (AvgIpc) is 2.28. The maximum Gasteiger partial charge on any atom is 0.297 e. The fraction of sp³-hybridized carbons (Fsp3) is 0.455. The molecule has 0 spiro atoms. The number of likely N-dealkylation sites (N-methyl/N-ethyl adjacent to an activating group) is 1. The molecule has 0 aromatic heterocycles. The first kappa shape index (κ1) is 16.1. The van der Waals surface area contributed by atoms with E-state index in [-0.39, 0.29) is 18.0 Å². The van der Waals surface area contributed by atoms with Gasteiger partial charge in [0.25, 0.3) is 10.1 Å². The van der Waals surface area contributed by atoms with Crippen molar-refractivity contribution in [3.63, 3.8) is 0 Å². The van der Waals surface area contributed by atoms with E-state index in [1.165, 1.54) is 19.2 Å². The molecule has 0 heterocycles. The standard InChI is InChI=1S/C11H17NO5S2/c1-10-4-6-11(7-5-10)19(15,16)17-9-8-12(2)18(3,13)14/h4-7H,8-9H2,1-3H3. The molecular weight excluding hydrogens is 290 g/mol. The largest absolute Gasteiger partial charge is 0.297 e. The van der Waals surface area contributed by atoms with Gasteiger partial charge in [-0.25, -0.2) is 12.7 Å². The lowest BCUT2D eigenvalue weighted by molar-refractivity contribution is 0.290. The van der Waals surface area contributed by atoms with Crippen LogP contribution in [0.15, 0.2) is 29.2 Å². The van der Waals surface area contributed by atoms with E-state index >= 15 is 0 Å². The van der Waals surface area contributed by atoms with Gasteiger partial charge in [0.2, 0.25) is 10.0 Å². The van der Waals surface area contributed by atoms with E-state index in [1.54, 1.807) is 12.1 Å². The van der Waals surface area contributed by atoms with Crippen molar-refractivity contribution < 1.29 is 21.0 Å². The molecule has 8 heteroatoms. The molecule has 0 aliphatic heterocycles. The van der Waals surface area contributed by atoms with Crippen LogP contribution in [-0.2, 0) is 24.3 Å². The first-order valence-electron chi connectivity index (χ1n) is 5.50. The summed E-state index contributed by atoms with van der Waals surface area (Å²) in [5.74, 6) is 0. The van der Waals surface area contributed by atoms with Crippen molar-refractivity contribution in [2.75, 3.05) is 26.5 Å². The van der Waals surface area contributed by atoms with Crippen LogP contribution in [0.25, 0.3) is 0 Å². The van der Waals surface area contributed by atoms with Crippen molar-refractivity contribution in [2.45, 2.75) is 11.8 Å². The minimum absolute atomic E-state index is 0.0239. The van der Waals surface area contributed by atoms with Crippen LogP contribution in [0.5, 0.6) is 0 Å². The molecule has 0 bridgehead atoms. The van der Waals surface area contributed by atoms with E-state index in [0.29, 0.717) is 0 Å². The van der Waals surface area contributed by atoms with Crippen LogP contribution < -0.4 is 0 Å². The van der Waals surface area contributed by atoms with Crippen molar-refractivity contribution in [3.05, 3.63) is 29.8 Å². The van der Waals surface area contributed by atoms with E-state index in [9.17, 15) is 16.8 Å². The van der Waals surface area contributed by atoms with Crippen LogP contribution in [0.1, 0.15) is 5.56 Å². The van der Waals surface area contributed by atoms with E-state index in [4.69, 9.17) is 4.18 Å². The Morgan fingerprint density at radius 1 is 1.11 bits per heavy atom. The van der Waals surface area contributed by atoms with Gasteiger partial charge in [-0.3, -0.25) is 4.18 Å². The van der Waals surface area contributed by atoms with Gasteiger partial charge in [0.15, 0.2) is 0 Å². The third-order valence-corrected chi connectivity index (χ3v) is 5.16. The summed E-state index contributed by atoms with van der Waals surface area (Å²) in [4.78, 5) is 0.0557. The topological polar surface area (TPSA) is 80.8 Å². The molecule has 0 aliphatic rings. The minimum atomic E-state index is -3.84. The minimum Gasteiger partial charge on any atom is -0.265 e. The third kappa shape index (κ3) is 4.90. The zero-order chi connectivity index (χ0) is 14.7. The van der Waals surface area contributed by atoms with Gasteiger partial charge >= 0.3 is 0 Å². The molecule has 6 nitrogen and oxygen atoms in total. The molecule has 0 unspecified atom stereocenters. The lowest BCUT2D eigenvalue weighted by Crippen LogP contribution is -2.29. The second kappa shape index (κ2) is 6.00. The SMILES string of the molecule is Cc1ccc(S(=O)(=O)OCCN(C)S(C)(=O)=O)cc1. The Kier molecular flexibility index (Phi) is 5.08. The van der Waals surface area contributed by atoms with E-state index < -0.39 is 20.1 Å². The van der Waals surface area contributed by atoms with Crippen LogP contribution in [0.4, 0.5) is 0 Å². The smallest absolute Gasteiger partial charge is 0.265 e. The highest BCUT2D eigenvalue weighted by Gasteiger charge is 2.16. The number of hydrogen-bond donors (Lipinski definition) is 0. The number of nitrogens with zero attached hydrogens (tertiary/aromatic N) is 1. The summed E-state index contributed by atoms with van der Waals surface area (Å²) >= 11 is 0. The summed E-state index contributed by atoms with van der Waals surface area (Å²) in [6, 6.07) is 6.23. The van der Waals surface area contributed by atoms with Crippen molar-refractivity contribution in [2.24, 2.45) is 0 Å². The van der Waals surface area contributed by atoms with E-state index in [1.807, 2.05) is 6.92 Å². The quantitative estimate of drug-likeness (QED) is 0.719.